The van der Waals surface area contributed by atoms with Gasteiger partial charge in [0.15, 0.2) is 0 Å². The summed E-state index contributed by atoms with van der Waals surface area (Å²) < 4.78 is 13.6. The number of nitrogens with one attached hydrogen (secondary N) is 2. The Morgan fingerprint density at radius 1 is 1.12 bits per heavy atom. The van der Waals surface area contributed by atoms with E-state index >= 15 is 0 Å². The summed E-state index contributed by atoms with van der Waals surface area (Å²) in [4.78, 5) is 20.5. The molecule has 5 nitrogen and oxygen atoms in total. The molecule has 0 unspecified atom stereocenters. The summed E-state index contributed by atoms with van der Waals surface area (Å²) in [6.07, 6.45) is 8.57. The number of hydrogen-bond donors (Lipinski definition) is 2. The molecule has 0 spiro atoms. The Kier molecular flexibility index (Phi) is 5.36. The minimum Gasteiger partial charge on any atom is -0.365 e. The highest BCUT2D eigenvalue weighted by molar-refractivity contribution is 5.92. The molecule has 1 aromatic carbocycles. The first-order chi connectivity index (χ1) is 11.7. The van der Waals surface area contributed by atoms with E-state index in [1.165, 1.54) is 24.9 Å². The lowest BCUT2D eigenvalue weighted by Gasteiger charge is -2.22. The maximum Gasteiger partial charge on any atom is 0.271 e. The third kappa shape index (κ3) is 4.28. The van der Waals surface area contributed by atoms with E-state index in [4.69, 9.17) is 0 Å². The average molecular weight is 328 g/mol. The quantitative estimate of drug-likeness (QED) is 0.884. The van der Waals surface area contributed by atoms with E-state index < -0.39 is 0 Å². The Balaban J connectivity index is 1.54. The Labute approximate surface area is 140 Å². The number of nitrogens with zero attached hydrogens (tertiary/aromatic N) is 2. The lowest BCUT2D eigenvalue weighted by atomic mass is 9.95. The molecule has 1 saturated carbocycles. The third-order valence-corrected chi connectivity index (χ3v) is 4.24. The second-order valence-electron chi connectivity index (χ2n) is 6.04. The van der Waals surface area contributed by atoms with Crippen molar-refractivity contribution in [1.82, 2.24) is 15.3 Å². The van der Waals surface area contributed by atoms with Crippen LogP contribution in [0, 0.1) is 5.82 Å². The number of carbonyl (C=O) groups excluding carboxylic acids is 1. The van der Waals surface area contributed by atoms with Crippen LogP contribution >= 0.6 is 0 Å². The fourth-order valence-corrected chi connectivity index (χ4v) is 2.87. The van der Waals surface area contributed by atoms with Crippen LogP contribution in [0.3, 0.4) is 0 Å². The second kappa shape index (κ2) is 7.86. The van der Waals surface area contributed by atoms with E-state index in [-0.39, 0.29) is 17.8 Å². The first kappa shape index (κ1) is 16.4. The van der Waals surface area contributed by atoms with E-state index in [0.717, 1.165) is 25.7 Å². The van der Waals surface area contributed by atoms with Gasteiger partial charge in [0, 0.05) is 18.2 Å². The maximum absolute atomic E-state index is 13.6. The monoisotopic (exact) mass is 328 g/mol. The van der Waals surface area contributed by atoms with Gasteiger partial charge in [0.05, 0.1) is 12.4 Å². The fourth-order valence-electron chi connectivity index (χ4n) is 2.87. The van der Waals surface area contributed by atoms with Gasteiger partial charge < -0.3 is 10.6 Å². The number of amides is 1. The molecule has 1 aliphatic carbocycles. The number of anilines is 1. The molecular weight excluding hydrogens is 307 g/mol. The molecule has 24 heavy (non-hydrogen) atoms. The van der Waals surface area contributed by atoms with Crippen molar-refractivity contribution in [3.63, 3.8) is 0 Å². The van der Waals surface area contributed by atoms with Crippen molar-refractivity contribution in [1.29, 1.82) is 0 Å². The van der Waals surface area contributed by atoms with Crippen LogP contribution < -0.4 is 10.6 Å². The molecule has 1 heterocycles. The largest absolute Gasteiger partial charge is 0.365 e. The van der Waals surface area contributed by atoms with Gasteiger partial charge in [-0.3, -0.25) is 4.79 Å². The van der Waals surface area contributed by atoms with Gasteiger partial charge in [0.1, 0.15) is 17.3 Å². The van der Waals surface area contributed by atoms with Gasteiger partial charge in [-0.15, -0.1) is 0 Å². The fraction of sp³-hybridized carbons (Fsp3) is 0.389. The van der Waals surface area contributed by atoms with Crippen LogP contribution in [0.1, 0.15) is 48.2 Å². The Bertz CT molecular complexity index is 684. The zero-order chi connectivity index (χ0) is 16.8. The Morgan fingerprint density at radius 3 is 2.62 bits per heavy atom. The summed E-state index contributed by atoms with van der Waals surface area (Å²) in [5.41, 5.74) is 0.857. The van der Waals surface area contributed by atoms with Gasteiger partial charge in [-0.25, -0.2) is 14.4 Å². The lowest BCUT2D eigenvalue weighted by molar-refractivity contribution is 0.0922. The molecule has 1 amide bonds. The second-order valence-corrected chi connectivity index (χ2v) is 6.04. The van der Waals surface area contributed by atoms with Crippen molar-refractivity contribution < 1.29 is 9.18 Å². The predicted octanol–water partition coefficient (Wildman–Crippen LogP) is 3.29. The number of hydrogen-bond acceptors (Lipinski definition) is 4. The highest BCUT2D eigenvalue weighted by Gasteiger charge is 2.17. The maximum atomic E-state index is 13.6. The minimum atomic E-state index is -0.263. The van der Waals surface area contributed by atoms with E-state index in [2.05, 4.69) is 20.6 Å². The summed E-state index contributed by atoms with van der Waals surface area (Å²) in [5, 5.41) is 6.01. The van der Waals surface area contributed by atoms with Crippen LogP contribution in [0.25, 0.3) is 0 Å². The van der Waals surface area contributed by atoms with Gasteiger partial charge in [-0.2, -0.15) is 0 Å². The summed E-state index contributed by atoms with van der Waals surface area (Å²) in [6.45, 7) is 0.314. The van der Waals surface area contributed by atoms with E-state index in [1.807, 2.05) is 0 Å². The van der Waals surface area contributed by atoms with Crippen LogP contribution in [0.5, 0.6) is 0 Å². The molecule has 1 aromatic heterocycles. The third-order valence-electron chi connectivity index (χ3n) is 4.24. The molecule has 0 radical (unpaired) electrons. The highest BCUT2D eigenvalue weighted by Crippen LogP contribution is 2.17. The molecule has 0 aliphatic heterocycles. The first-order valence-corrected chi connectivity index (χ1v) is 8.32. The van der Waals surface area contributed by atoms with Gasteiger partial charge in [-0.1, -0.05) is 37.5 Å². The van der Waals surface area contributed by atoms with E-state index in [0.29, 0.717) is 23.6 Å². The number of benzene rings is 1. The van der Waals surface area contributed by atoms with Crippen LogP contribution in [0.2, 0.25) is 0 Å². The summed E-state index contributed by atoms with van der Waals surface area (Å²) in [5.74, 6) is 0.0592. The summed E-state index contributed by atoms with van der Waals surface area (Å²) in [7, 11) is 0. The van der Waals surface area contributed by atoms with Crippen molar-refractivity contribution in [2.24, 2.45) is 0 Å². The predicted molar refractivity (Wildman–Crippen MR) is 90.1 cm³/mol. The van der Waals surface area contributed by atoms with Gasteiger partial charge >= 0.3 is 0 Å². The molecule has 1 aliphatic rings. The smallest absolute Gasteiger partial charge is 0.271 e. The molecule has 2 aromatic rings. The van der Waals surface area contributed by atoms with Crippen molar-refractivity contribution in [3.8, 4) is 0 Å². The van der Waals surface area contributed by atoms with Crippen LogP contribution in [0.15, 0.2) is 36.7 Å². The first-order valence-electron chi connectivity index (χ1n) is 8.32. The van der Waals surface area contributed by atoms with E-state index in [1.54, 1.807) is 18.2 Å². The van der Waals surface area contributed by atoms with Gasteiger partial charge in [0.2, 0.25) is 0 Å². The van der Waals surface area contributed by atoms with Crippen LogP contribution in [-0.2, 0) is 6.54 Å². The van der Waals surface area contributed by atoms with Crippen LogP contribution in [-0.4, -0.2) is 21.9 Å². The van der Waals surface area contributed by atoms with Crippen molar-refractivity contribution in [2.75, 3.05) is 5.32 Å². The summed E-state index contributed by atoms with van der Waals surface area (Å²) in [6, 6.07) is 6.80. The normalized spacial score (nSPS) is 15.0. The molecule has 1 fully saturated rings. The van der Waals surface area contributed by atoms with Gasteiger partial charge in [-0.05, 0) is 18.9 Å². The lowest BCUT2D eigenvalue weighted by Crippen LogP contribution is -2.36. The van der Waals surface area contributed by atoms with E-state index in [9.17, 15) is 9.18 Å². The number of aromatic nitrogens is 2. The molecule has 6 heteroatoms. The van der Waals surface area contributed by atoms with Gasteiger partial charge in [0.25, 0.3) is 5.91 Å². The molecule has 3 rings (SSSR count). The summed E-state index contributed by atoms with van der Waals surface area (Å²) >= 11 is 0. The number of carbonyl (C=O) groups is 1. The highest BCUT2D eigenvalue weighted by atomic mass is 19.1. The Morgan fingerprint density at radius 2 is 1.92 bits per heavy atom. The SMILES string of the molecule is O=C(NC1CCCCC1)c1cnc(NCc2ccccc2F)cn1. The number of rotatable bonds is 5. The number of halogens is 1. The Hall–Kier alpha value is -2.50. The molecule has 126 valence electrons. The van der Waals surface area contributed by atoms with Crippen LogP contribution in [0.4, 0.5) is 10.2 Å². The molecular formula is C18H21FN4O. The molecule has 0 saturated heterocycles. The topological polar surface area (TPSA) is 66.9 Å². The molecule has 0 atom stereocenters. The average Bonchev–Trinajstić information content (AvgIpc) is 2.62. The zero-order valence-electron chi connectivity index (χ0n) is 13.5. The zero-order valence-corrected chi connectivity index (χ0v) is 13.5. The minimum absolute atomic E-state index is 0.185. The molecule has 2 N–H and O–H groups in total. The van der Waals surface area contributed by atoms with Crippen molar-refractivity contribution in [2.45, 2.75) is 44.7 Å². The standard InChI is InChI=1S/C18H21FN4O/c19-15-9-5-4-6-13(15)10-21-17-12-20-16(11-22-17)18(24)23-14-7-2-1-3-8-14/h4-6,9,11-12,14H,1-3,7-8,10H2,(H,21,22)(H,23,24). The van der Waals surface area contributed by atoms with Crippen molar-refractivity contribution >= 4 is 11.7 Å². The van der Waals surface area contributed by atoms with Crippen molar-refractivity contribution in [3.05, 3.63) is 53.7 Å². The molecule has 0 bridgehead atoms.